The Morgan fingerprint density at radius 2 is 2.10 bits per heavy atom. The first-order valence-corrected chi connectivity index (χ1v) is 6.47. The smallest absolute Gasteiger partial charge is 0.326 e. The number of hydrogen-bond acceptors (Lipinski definition) is 4. The molecule has 2 unspecified atom stereocenters. The van der Waals surface area contributed by atoms with Crippen LogP contribution in [0.1, 0.15) is 32.6 Å². The average molecular weight is 285 g/mol. The molecule has 1 rings (SSSR count). The van der Waals surface area contributed by atoms with Crippen molar-refractivity contribution in [2.75, 3.05) is 7.05 Å². The molecule has 1 fully saturated rings. The Morgan fingerprint density at radius 1 is 1.45 bits per heavy atom. The molecule has 8 nitrogen and oxygen atoms in total. The van der Waals surface area contributed by atoms with Crippen LogP contribution < -0.4 is 10.6 Å². The maximum atomic E-state index is 11.8. The van der Waals surface area contributed by atoms with Crippen LogP contribution in [0.3, 0.4) is 0 Å². The number of hydrogen-bond donors (Lipinski definition) is 3. The van der Waals surface area contributed by atoms with E-state index in [9.17, 15) is 19.2 Å². The summed E-state index contributed by atoms with van der Waals surface area (Å²) in [5.74, 6) is -1.90. The van der Waals surface area contributed by atoms with E-state index in [0.717, 1.165) is 4.90 Å². The SMILES string of the molecule is CCCC(NC(=O)NC1CCC(=O)N(C)C1=O)C(=O)O. The molecule has 1 saturated heterocycles. The highest BCUT2D eigenvalue weighted by atomic mass is 16.4. The van der Waals surface area contributed by atoms with Crippen molar-refractivity contribution in [2.24, 2.45) is 0 Å². The van der Waals surface area contributed by atoms with Crippen LogP contribution in [0.25, 0.3) is 0 Å². The monoisotopic (exact) mass is 285 g/mol. The first-order chi connectivity index (χ1) is 9.36. The van der Waals surface area contributed by atoms with Gasteiger partial charge in [-0.05, 0) is 12.8 Å². The van der Waals surface area contributed by atoms with E-state index in [1.165, 1.54) is 7.05 Å². The highest BCUT2D eigenvalue weighted by molar-refractivity contribution is 6.01. The largest absolute Gasteiger partial charge is 0.480 e. The Morgan fingerprint density at radius 3 is 2.65 bits per heavy atom. The molecule has 0 spiro atoms. The number of imide groups is 1. The molecule has 0 radical (unpaired) electrons. The van der Waals surface area contributed by atoms with Gasteiger partial charge in [-0.3, -0.25) is 14.5 Å². The topological polar surface area (TPSA) is 116 Å². The van der Waals surface area contributed by atoms with E-state index in [4.69, 9.17) is 5.11 Å². The maximum Gasteiger partial charge on any atom is 0.326 e. The molecule has 0 saturated carbocycles. The first kappa shape index (κ1) is 15.9. The van der Waals surface area contributed by atoms with Crippen LogP contribution in [0.4, 0.5) is 4.79 Å². The lowest BCUT2D eigenvalue weighted by molar-refractivity contribution is -0.147. The first-order valence-electron chi connectivity index (χ1n) is 6.47. The number of carboxylic acids is 1. The zero-order valence-electron chi connectivity index (χ0n) is 11.5. The maximum absolute atomic E-state index is 11.8. The standard InChI is InChI=1S/C12H19N3O5/c1-3-4-8(11(18)19)14-12(20)13-7-5-6-9(16)15(2)10(7)17/h7-8H,3-6H2,1-2H3,(H,18,19)(H2,13,14,20). The molecule has 4 amide bonds. The third kappa shape index (κ3) is 3.94. The average Bonchev–Trinajstić information content (AvgIpc) is 2.39. The van der Waals surface area contributed by atoms with Crippen molar-refractivity contribution >= 4 is 23.8 Å². The summed E-state index contributed by atoms with van der Waals surface area (Å²) in [6.07, 6.45) is 1.31. The van der Waals surface area contributed by atoms with Crippen molar-refractivity contribution in [3.8, 4) is 0 Å². The molecule has 1 aliphatic rings. The van der Waals surface area contributed by atoms with Gasteiger partial charge in [0.25, 0.3) is 5.91 Å². The summed E-state index contributed by atoms with van der Waals surface area (Å²) >= 11 is 0. The number of rotatable bonds is 5. The number of carbonyl (C=O) groups excluding carboxylic acids is 3. The second-order valence-corrected chi connectivity index (χ2v) is 4.68. The Balaban J connectivity index is 2.55. The third-order valence-electron chi connectivity index (χ3n) is 3.14. The minimum atomic E-state index is -1.12. The van der Waals surface area contributed by atoms with Gasteiger partial charge in [0.2, 0.25) is 5.91 Å². The Labute approximate surface area is 116 Å². The van der Waals surface area contributed by atoms with Gasteiger partial charge >= 0.3 is 12.0 Å². The summed E-state index contributed by atoms with van der Waals surface area (Å²) in [5, 5.41) is 13.6. The molecule has 1 aliphatic heterocycles. The van der Waals surface area contributed by atoms with E-state index >= 15 is 0 Å². The van der Waals surface area contributed by atoms with Crippen LogP contribution in [0, 0.1) is 0 Å². The van der Waals surface area contributed by atoms with Gasteiger partial charge in [-0.25, -0.2) is 9.59 Å². The third-order valence-corrected chi connectivity index (χ3v) is 3.14. The van der Waals surface area contributed by atoms with Gasteiger partial charge < -0.3 is 15.7 Å². The number of likely N-dealkylation sites (tertiary alicyclic amines) is 1. The summed E-state index contributed by atoms with van der Waals surface area (Å²) in [7, 11) is 1.35. The second-order valence-electron chi connectivity index (χ2n) is 4.68. The zero-order valence-corrected chi connectivity index (χ0v) is 11.5. The quantitative estimate of drug-likeness (QED) is 0.599. The lowest BCUT2D eigenvalue weighted by Gasteiger charge is -2.28. The molecule has 0 bridgehead atoms. The Kier molecular flexibility index (Phi) is 5.48. The number of nitrogens with zero attached hydrogens (tertiary/aromatic N) is 1. The van der Waals surface area contributed by atoms with E-state index in [1.54, 1.807) is 6.92 Å². The molecule has 2 atom stereocenters. The molecule has 0 aromatic rings. The fourth-order valence-corrected chi connectivity index (χ4v) is 1.95. The molecule has 112 valence electrons. The highest BCUT2D eigenvalue weighted by Crippen LogP contribution is 2.11. The minimum absolute atomic E-state index is 0.171. The van der Waals surface area contributed by atoms with Gasteiger partial charge in [0.05, 0.1) is 0 Å². The van der Waals surface area contributed by atoms with Crippen molar-refractivity contribution in [3.63, 3.8) is 0 Å². The Hall–Kier alpha value is -2.12. The molecular formula is C12H19N3O5. The van der Waals surface area contributed by atoms with E-state index in [0.29, 0.717) is 12.8 Å². The number of aliphatic carboxylic acids is 1. The van der Waals surface area contributed by atoms with Gasteiger partial charge in [0.15, 0.2) is 0 Å². The second kappa shape index (κ2) is 6.88. The normalized spacial score (nSPS) is 20.5. The van der Waals surface area contributed by atoms with Gasteiger partial charge in [-0.2, -0.15) is 0 Å². The van der Waals surface area contributed by atoms with Crippen molar-refractivity contribution < 1.29 is 24.3 Å². The van der Waals surface area contributed by atoms with E-state index in [-0.39, 0.29) is 18.7 Å². The summed E-state index contributed by atoms with van der Waals surface area (Å²) in [6, 6.07) is -2.50. The van der Waals surface area contributed by atoms with Crippen molar-refractivity contribution in [3.05, 3.63) is 0 Å². The summed E-state index contributed by atoms with van der Waals surface area (Å²) < 4.78 is 0. The lowest BCUT2D eigenvalue weighted by atomic mass is 10.1. The summed E-state index contributed by atoms with van der Waals surface area (Å²) in [4.78, 5) is 46.6. The minimum Gasteiger partial charge on any atom is -0.480 e. The van der Waals surface area contributed by atoms with E-state index in [1.807, 2.05) is 0 Å². The van der Waals surface area contributed by atoms with Crippen molar-refractivity contribution in [1.82, 2.24) is 15.5 Å². The molecule has 3 N–H and O–H groups in total. The molecule has 1 heterocycles. The van der Waals surface area contributed by atoms with Crippen LogP contribution >= 0.6 is 0 Å². The van der Waals surface area contributed by atoms with Crippen molar-refractivity contribution in [1.29, 1.82) is 0 Å². The van der Waals surface area contributed by atoms with Crippen molar-refractivity contribution in [2.45, 2.75) is 44.7 Å². The Bertz CT molecular complexity index is 423. The number of carbonyl (C=O) groups is 4. The van der Waals surface area contributed by atoms with E-state index in [2.05, 4.69) is 10.6 Å². The van der Waals surface area contributed by atoms with Crippen LogP contribution in [-0.4, -0.2) is 53.0 Å². The number of carboxylic acid groups (broad SMARTS) is 1. The predicted octanol–water partition coefficient (Wildman–Crippen LogP) is -0.314. The van der Waals surface area contributed by atoms with Crippen LogP contribution in [0.2, 0.25) is 0 Å². The fraction of sp³-hybridized carbons (Fsp3) is 0.667. The van der Waals surface area contributed by atoms with Gasteiger partial charge in [0, 0.05) is 13.5 Å². The number of amides is 4. The number of urea groups is 1. The van der Waals surface area contributed by atoms with E-state index < -0.39 is 30.0 Å². The molecule has 0 aromatic carbocycles. The molecule has 0 aromatic heterocycles. The zero-order chi connectivity index (χ0) is 15.3. The fourth-order valence-electron chi connectivity index (χ4n) is 1.95. The van der Waals surface area contributed by atoms with Crippen LogP contribution in [0.5, 0.6) is 0 Å². The van der Waals surface area contributed by atoms with Crippen LogP contribution in [-0.2, 0) is 14.4 Å². The van der Waals surface area contributed by atoms with Gasteiger partial charge in [-0.15, -0.1) is 0 Å². The summed E-state index contributed by atoms with van der Waals surface area (Å²) in [5.41, 5.74) is 0. The lowest BCUT2D eigenvalue weighted by Crippen LogP contribution is -2.56. The number of piperidine rings is 1. The highest BCUT2D eigenvalue weighted by Gasteiger charge is 2.33. The van der Waals surface area contributed by atoms with Crippen LogP contribution in [0.15, 0.2) is 0 Å². The van der Waals surface area contributed by atoms with Gasteiger partial charge in [-0.1, -0.05) is 13.3 Å². The predicted molar refractivity (Wildman–Crippen MR) is 68.8 cm³/mol. The molecule has 0 aliphatic carbocycles. The molecule has 8 heteroatoms. The molecular weight excluding hydrogens is 266 g/mol. The number of nitrogens with one attached hydrogen (secondary N) is 2. The summed E-state index contributed by atoms with van der Waals surface area (Å²) in [6.45, 7) is 1.81. The number of likely N-dealkylation sites (N-methyl/N-ethyl adjacent to an activating group) is 1. The molecule has 20 heavy (non-hydrogen) atoms. The van der Waals surface area contributed by atoms with Gasteiger partial charge in [0.1, 0.15) is 12.1 Å².